The first-order valence-electron chi connectivity index (χ1n) is 9.64. The molecule has 5 atom stereocenters. The van der Waals surface area contributed by atoms with E-state index in [2.05, 4.69) is 0 Å². The van der Waals surface area contributed by atoms with E-state index in [1.54, 1.807) is 0 Å². The molecule has 0 unspecified atom stereocenters. The van der Waals surface area contributed by atoms with Crippen molar-refractivity contribution in [3.63, 3.8) is 0 Å². The van der Waals surface area contributed by atoms with Gasteiger partial charge in [0.15, 0.2) is 17.3 Å². The van der Waals surface area contributed by atoms with Crippen molar-refractivity contribution in [2.45, 2.75) is 37.6 Å². The van der Waals surface area contributed by atoms with Crippen LogP contribution in [0.3, 0.4) is 0 Å². The van der Waals surface area contributed by atoms with E-state index in [9.17, 15) is 45.6 Å². The Balaban J connectivity index is 1.81. The van der Waals surface area contributed by atoms with Crippen LogP contribution in [0.4, 0.5) is 0 Å². The summed E-state index contributed by atoms with van der Waals surface area (Å²) in [6.07, 6.45) is -7.26. The first-order valence-corrected chi connectivity index (χ1v) is 9.64. The second-order valence-electron chi connectivity index (χ2n) is 7.59. The molecule has 4 rings (SSSR count). The zero-order valence-corrected chi connectivity index (χ0v) is 16.9. The van der Waals surface area contributed by atoms with Gasteiger partial charge in [0, 0.05) is 17.7 Å². The van der Waals surface area contributed by atoms with E-state index >= 15 is 0 Å². The van der Waals surface area contributed by atoms with Crippen molar-refractivity contribution in [1.82, 2.24) is 0 Å². The molecule has 1 aliphatic rings. The lowest BCUT2D eigenvalue weighted by Gasteiger charge is -2.38. The van der Waals surface area contributed by atoms with Gasteiger partial charge in [-0.2, -0.15) is 0 Å². The van der Waals surface area contributed by atoms with Crippen LogP contribution in [0, 0.1) is 0 Å². The summed E-state index contributed by atoms with van der Waals surface area (Å²) in [5.74, 6) is -4.52. The average Bonchev–Trinajstić information content (AvgIpc) is 2.75. The van der Waals surface area contributed by atoms with Gasteiger partial charge in [0.1, 0.15) is 40.8 Å². The normalized spacial score (nSPS) is 25.3. The Kier molecular flexibility index (Phi) is 5.46. The van der Waals surface area contributed by atoms with Crippen LogP contribution in [0.15, 0.2) is 33.5 Å². The van der Waals surface area contributed by atoms with Gasteiger partial charge in [0.2, 0.25) is 23.2 Å². The monoisotopic (exact) mass is 464 g/mol. The molecule has 0 aliphatic carbocycles. The predicted octanol–water partition coefficient (Wildman–Crippen LogP) is 0.194. The standard InChI is InChI=1S/C21H20O12/c1-6-14(25)17(28)19(30)21(31-6)33-12-3-7(2-10(24)15(12)26)20-18(29)16(27)13-9(23)4-8(22)5-11(13)32-20/h2-6,14,17,19,21-26,28-30H,1H3/t6-,14-,17+,19+,21-/m0/s1. The Morgan fingerprint density at radius 1 is 0.848 bits per heavy atom. The van der Waals surface area contributed by atoms with Crippen molar-refractivity contribution < 1.29 is 54.7 Å². The largest absolute Gasteiger partial charge is 0.508 e. The molecule has 1 saturated heterocycles. The number of aromatic hydroxyl groups is 5. The van der Waals surface area contributed by atoms with E-state index in [0.717, 1.165) is 24.3 Å². The van der Waals surface area contributed by atoms with Gasteiger partial charge in [-0.1, -0.05) is 0 Å². The van der Waals surface area contributed by atoms with Gasteiger partial charge in [0.05, 0.1) is 6.10 Å². The van der Waals surface area contributed by atoms with Gasteiger partial charge in [0.25, 0.3) is 0 Å². The first kappa shape index (κ1) is 22.5. The summed E-state index contributed by atoms with van der Waals surface area (Å²) in [6, 6.07) is 3.89. The van der Waals surface area contributed by atoms with Crippen LogP contribution in [0.2, 0.25) is 0 Å². The van der Waals surface area contributed by atoms with E-state index in [0.29, 0.717) is 0 Å². The van der Waals surface area contributed by atoms with E-state index in [4.69, 9.17) is 13.9 Å². The Labute approximate surface area is 184 Å². The smallest absolute Gasteiger partial charge is 0.238 e. The van der Waals surface area contributed by atoms with E-state index in [1.807, 2.05) is 0 Å². The third-order valence-electron chi connectivity index (χ3n) is 5.30. The fourth-order valence-electron chi connectivity index (χ4n) is 3.52. The molecule has 1 fully saturated rings. The lowest BCUT2D eigenvalue weighted by atomic mass is 10.00. The third kappa shape index (κ3) is 3.74. The maximum Gasteiger partial charge on any atom is 0.238 e. The predicted molar refractivity (Wildman–Crippen MR) is 109 cm³/mol. The molecule has 12 heteroatoms. The minimum absolute atomic E-state index is 0.168. The Hall–Kier alpha value is -3.71. The highest BCUT2D eigenvalue weighted by Gasteiger charge is 2.43. The van der Waals surface area contributed by atoms with Crippen LogP contribution >= 0.6 is 0 Å². The van der Waals surface area contributed by atoms with Gasteiger partial charge in [-0.3, -0.25) is 4.79 Å². The van der Waals surface area contributed by atoms with Crippen molar-refractivity contribution in [1.29, 1.82) is 0 Å². The third-order valence-corrected chi connectivity index (χ3v) is 5.30. The molecule has 12 nitrogen and oxygen atoms in total. The minimum Gasteiger partial charge on any atom is -0.508 e. The summed E-state index contributed by atoms with van der Waals surface area (Å²) in [7, 11) is 0. The summed E-state index contributed by atoms with van der Waals surface area (Å²) in [6.45, 7) is 1.41. The second-order valence-corrected chi connectivity index (χ2v) is 7.59. The van der Waals surface area contributed by atoms with Gasteiger partial charge in [-0.15, -0.1) is 0 Å². The Bertz CT molecular complexity index is 1280. The molecule has 2 heterocycles. The number of rotatable bonds is 3. The van der Waals surface area contributed by atoms with Crippen LogP contribution in [-0.2, 0) is 4.74 Å². The van der Waals surface area contributed by atoms with Crippen LogP contribution in [-0.4, -0.2) is 71.6 Å². The number of phenols is 4. The topological polar surface area (TPSA) is 211 Å². The number of hydrogen-bond acceptors (Lipinski definition) is 12. The molecule has 0 bridgehead atoms. The van der Waals surface area contributed by atoms with Crippen molar-refractivity contribution in [2.75, 3.05) is 0 Å². The molecule has 1 aromatic heterocycles. The summed E-state index contributed by atoms with van der Waals surface area (Å²) >= 11 is 0. The van der Waals surface area contributed by atoms with Crippen LogP contribution < -0.4 is 10.2 Å². The quantitative estimate of drug-likeness (QED) is 0.244. The molecule has 0 radical (unpaired) electrons. The number of benzene rings is 2. The Morgan fingerprint density at radius 2 is 1.55 bits per heavy atom. The zero-order chi connectivity index (χ0) is 24.2. The fraction of sp³-hybridized carbons (Fsp3) is 0.286. The number of phenolic OH excluding ortho intramolecular Hbond substituents is 4. The average molecular weight is 464 g/mol. The first-order chi connectivity index (χ1) is 15.5. The maximum atomic E-state index is 12.6. The number of fused-ring (bicyclic) bond motifs is 1. The fourth-order valence-corrected chi connectivity index (χ4v) is 3.52. The lowest BCUT2D eigenvalue weighted by Crippen LogP contribution is -2.58. The van der Waals surface area contributed by atoms with Crippen molar-refractivity contribution in [2.24, 2.45) is 0 Å². The van der Waals surface area contributed by atoms with Crippen LogP contribution in [0.25, 0.3) is 22.3 Å². The van der Waals surface area contributed by atoms with E-state index < -0.39 is 81.8 Å². The molecular weight excluding hydrogens is 444 g/mol. The van der Waals surface area contributed by atoms with Gasteiger partial charge in [-0.25, -0.2) is 0 Å². The second kappa shape index (κ2) is 8.01. The molecule has 0 amide bonds. The molecule has 2 aromatic carbocycles. The SMILES string of the molecule is C[C@@H]1O[C@@H](Oc2cc(-c3oc4cc(O)cc(O)c4c(=O)c3O)cc(O)c2O)[C@H](O)[C@H](O)[C@H]1O. The maximum absolute atomic E-state index is 12.6. The lowest BCUT2D eigenvalue weighted by molar-refractivity contribution is -0.268. The Morgan fingerprint density at radius 3 is 2.24 bits per heavy atom. The zero-order valence-electron chi connectivity index (χ0n) is 16.9. The van der Waals surface area contributed by atoms with Gasteiger partial charge in [-0.05, 0) is 19.1 Å². The van der Waals surface area contributed by atoms with Crippen LogP contribution in [0.1, 0.15) is 6.92 Å². The van der Waals surface area contributed by atoms with Crippen LogP contribution in [0.5, 0.6) is 34.5 Å². The summed E-state index contributed by atoms with van der Waals surface area (Å²) in [5, 5.41) is 79.7. The highest BCUT2D eigenvalue weighted by Crippen LogP contribution is 2.43. The molecule has 8 N–H and O–H groups in total. The van der Waals surface area contributed by atoms with Crippen molar-refractivity contribution in [3.05, 3.63) is 34.5 Å². The number of aliphatic hydroxyl groups is 3. The molecule has 176 valence electrons. The summed E-state index contributed by atoms with van der Waals surface area (Å²) < 4.78 is 16.1. The summed E-state index contributed by atoms with van der Waals surface area (Å²) in [5.41, 5.74) is -1.48. The summed E-state index contributed by atoms with van der Waals surface area (Å²) in [4.78, 5) is 12.6. The highest BCUT2D eigenvalue weighted by molar-refractivity contribution is 5.88. The number of aliphatic hydroxyl groups excluding tert-OH is 3. The molecule has 3 aromatic rings. The highest BCUT2D eigenvalue weighted by atomic mass is 16.7. The van der Waals surface area contributed by atoms with Crippen molar-refractivity contribution in [3.8, 4) is 45.8 Å². The molecule has 1 aliphatic heterocycles. The minimum atomic E-state index is -1.72. The molecule has 33 heavy (non-hydrogen) atoms. The van der Waals surface area contributed by atoms with Gasteiger partial charge < -0.3 is 54.7 Å². The van der Waals surface area contributed by atoms with Crippen molar-refractivity contribution >= 4 is 11.0 Å². The molecule has 0 spiro atoms. The molecular formula is C21H20O12. The number of hydrogen-bond donors (Lipinski definition) is 8. The van der Waals surface area contributed by atoms with E-state index in [-0.39, 0.29) is 11.1 Å². The molecule has 0 saturated carbocycles. The number of ether oxygens (including phenoxy) is 2. The van der Waals surface area contributed by atoms with Gasteiger partial charge >= 0.3 is 0 Å². The van der Waals surface area contributed by atoms with E-state index in [1.165, 1.54) is 6.92 Å².